The average Bonchev–Trinajstić information content (AvgIpc) is 2.58. The van der Waals surface area contributed by atoms with E-state index in [0.717, 1.165) is 24.8 Å². The monoisotopic (exact) mass is 353 g/mol. The molecule has 0 aliphatic carbocycles. The van der Waals surface area contributed by atoms with E-state index in [2.05, 4.69) is 13.5 Å². The van der Waals surface area contributed by atoms with Gasteiger partial charge in [0.25, 0.3) is 0 Å². The Morgan fingerprint density at radius 2 is 2.08 bits per heavy atom. The summed E-state index contributed by atoms with van der Waals surface area (Å²) in [4.78, 5) is 13.6. The third-order valence-electron chi connectivity index (χ3n) is 4.42. The van der Waals surface area contributed by atoms with Crippen molar-refractivity contribution >= 4 is 5.97 Å². The summed E-state index contributed by atoms with van der Waals surface area (Å²) in [6.07, 6.45) is 6.60. The van der Waals surface area contributed by atoms with Crippen LogP contribution < -0.4 is 22.0 Å². The van der Waals surface area contributed by atoms with Gasteiger partial charge in [0.15, 0.2) is 0 Å². The van der Waals surface area contributed by atoms with Gasteiger partial charge >= 0.3 is 5.97 Å². The molecule has 0 bridgehead atoms. The lowest BCUT2D eigenvalue weighted by molar-refractivity contribution is -0.928. The lowest BCUT2D eigenvalue weighted by Gasteiger charge is -2.30. The number of likely N-dealkylation sites (tertiary alicyclic amines) is 1. The highest BCUT2D eigenvalue weighted by Gasteiger charge is 2.21. The number of carbonyl (C=O) groups excluding carboxylic acids is 1. The number of nitrogens with one attached hydrogen (secondary N) is 1. The van der Waals surface area contributed by atoms with E-state index in [0.29, 0.717) is 18.8 Å². The van der Waals surface area contributed by atoms with Crippen molar-refractivity contribution in [3.63, 3.8) is 0 Å². The van der Waals surface area contributed by atoms with Crippen molar-refractivity contribution < 1.29 is 31.6 Å². The third kappa shape index (κ3) is 6.54. The number of benzene rings is 1. The molecular formula is C19H28ClNO3. The average molecular weight is 354 g/mol. The highest BCUT2D eigenvalue weighted by atomic mass is 35.5. The summed E-state index contributed by atoms with van der Waals surface area (Å²) in [6.45, 7) is 9.20. The molecule has 0 radical (unpaired) electrons. The fraction of sp³-hybridized carbons (Fsp3) is 0.526. The molecule has 1 aliphatic heterocycles. The van der Waals surface area contributed by atoms with Crippen LogP contribution in [-0.4, -0.2) is 38.3 Å². The molecule has 1 heterocycles. The van der Waals surface area contributed by atoms with Crippen molar-refractivity contribution in [2.45, 2.75) is 38.6 Å². The number of carbonyl (C=O) groups is 1. The molecule has 1 aromatic carbocycles. The van der Waals surface area contributed by atoms with Gasteiger partial charge in [-0.3, -0.25) is 0 Å². The maximum absolute atomic E-state index is 12.0. The summed E-state index contributed by atoms with van der Waals surface area (Å²) in [5.41, 5.74) is 0.564. The number of halogens is 1. The largest absolute Gasteiger partial charge is 1.00 e. The molecule has 5 heteroatoms. The highest BCUT2D eigenvalue weighted by Crippen LogP contribution is 2.13. The van der Waals surface area contributed by atoms with E-state index >= 15 is 0 Å². The second-order valence-corrected chi connectivity index (χ2v) is 6.17. The second-order valence-electron chi connectivity index (χ2n) is 6.17. The van der Waals surface area contributed by atoms with E-state index in [1.807, 2.05) is 0 Å². The minimum atomic E-state index is -0.262. The topological polar surface area (TPSA) is 40.0 Å². The second kappa shape index (κ2) is 11.1. The van der Waals surface area contributed by atoms with Crippen molar-refractivity contribution in [3.8, 4) is 5.75 Å². The first-order valence-corrected chi connectivity index (χ1v) is 8.56. The Bertz CT molecular complexity index is 504. The normalized spacial score (nSPS) is 19.9. The van der Waals surface area contributed by atoms with Crippen molar-refractivity contribution in [1.82, 2.24) is 0 Å². The van der Waals surface area contributed by atoms with Crippen LogP contribution in [0.5, 0.6) is 5.75 Å². The van der Waals surface area contributed by atoms with Crippen molar-refractivity contribution in [3.05, 3.63) is 42.5 Å². The SMILES string of the molecule is C=CCOc1ccc(C(=O)OCCC[NH+]2CCCCC2C)cc1.[Cl-]. The predicted octanol–water partition coefficient (Wildman–Crippen LogP) is -0.740. The molecule has 1 N–H and O–H groups in total. The van der Waals surface area contributed by atoms with Gasteiger partial charge in [-0.2, -0.15) is 0 Å². The van der Waals surface area contributed by atoms with Gasteiger partial charge in [0.05, 0.1) is 31.3 Å². The Labute approximate surface area is 151 Å². The maximum atomic E-state index is 12.0. The van der Waals surface area contributed by atoms with Gasteiger partial charge in [0.2, 0.25) is 0 Å². The number of hydrogen-bond donors (Lipinski definition) is 1. The van der Waals surface area contributed by atoms with Crippen LogP contribution in [0, 0.1) is 0 Å². The molecule has 4 nitrogen and oxygen atoms in total. The van der Waals surface area contributed by atoms with Crippen LogP contribution in [0.15, 0.2) is 36.9 Å². The lowest BCUT2D eigenvalue weighted by Crippen LogP contribution is -3.16. The number of ether oxygens (including phenoxy) is 2. The Morgan fingerprint density at radius 1 is 1.33 bits per heavy atom. The summed E-state index contributed by atoms with van der Waals surface area (Å²) in [5.74, 6) is 0.464. The molecule has 1 aliphatic rings. The first-order valence-electron chi connectivity index (χ1n) is 8.56. The van der Waals surface area contributed by atoms with Gasteiger partial charge < -0.3 is 26.8 Å². The quantitative estimate of drug-likeness (QED) is 0.380. The molecule has 2 rings (SSSR count). The van der Waals surface area contributed by atoms with E-state index in [1.54, 1.807) is 35.2 Å². The molecule has 0 saturated carbocycles. The maximum Gasteiger partial charge on any atom is 0.338 e. The first-order chi connectivity index (χ1) is 11.2. The third-order valence-corrected chi connectivity index (χ3v) is 4.42. The Balaban J connectivity index is 0.00000288. The molecule has 0 aromatic heterocycles. The first kappa shape index (κ1) is 20.5. The zero-order valence-corrected chi connectivity index (χ0v) is 15.2. The van der Waals surface area contributed by atoms with E-state index in [1.165, 1.54) is 25.8 Å². The van der Waals surface area contributed by atoms with Gasteiger partial charge in [-0.1, -0.05) is 12.7 Å². The summed E-state index contributed by atoms with van der Waals surface area (Å²) in [7, 11) is 0. The molecule has 0 spiro atoms. The minimum Gasteiger partial charge on any atom is -1.00 e. The van der Waals surface area contributed by atoms with Gasteiger partial charge in [-0.15, -0.1) is 0 Å². The van der Waals surface area contributed by atoms with Gasteiger partial charge in [-0.05, 0) is 50.5 Å². The smallest absolute Gasteiger partial charge is 0.338 e. The molecule has 24 heavy (non-hydrogen) atoms. The summed E-state index contributed by atoms with van der Waals surface area (Å²) >= 11 is 0. The zero-order chi connectivity index (χ0) is 16.5. The van der Waals surface area contributed by atoms with E-state index in [4.69, 9.17) is 9.47 Å². The van der Waals surface area contributed by atoms with E-state index in [-0.39, 0.29) is 18.4 Å². The number of piperidine rings is 1. The Kier molecular flexibility index (Phi) is 9.50. The summed E-state index contributed by atoms with van der Waals surface area (Å²) in [5, 5.41) is 0. The summed E-state index contributed by atoms with van der Waals surface area (Å²) in [6, 6.07) is 7.76. The molecule has 134 valence electrons. The van der Waals surface area contributed by atoms with Gasteiger partial charge in [0, 0.05) is 6.42 Å². The number of quaternary nitrogens is 1. The van der Waals surface area contributed by atoms with Crippen molar-refractivity contribution in [1.29, 1.82) is 0 Å². The summed E-state index contributed by atoms with van der Waals surface area (Å²) < 4.78 is 10.8. The number of hydrogen-bond acceptors (Lipinski definition) is 3. The molecule has 2 atom stereocenters. The van der Waals surface area contributed by atoms with Gasteiger partial charge in [-0.25, -0.2) is 4.79 Å². The van der Waals surface area contributed by atoms with E-state index < -0.39 is 0 Å². The van der Waals surface area contributed by atoms with E-state index in [9.17, 15) is 4.79 Å². The number of rotatable bonds is 8. The highest BCUT2D eigenvalue weighted by molar-refractivity contribution is 5.89. The predicted molar refractivity (Wildman–Crippen MR) is 91.0 cm³/mol. The van der Waals surface area contributed by atoms with Crippen LogP contribution in [0.25, 0.3) is 0 Å². The minimum absolute atomic E-state index is 0. The fourth-order valence-electron chi connectivity index (χ4n) is 3.01. The molecule has 2 unspecified atom stereocenters. The van der Waals surface area contributed by atoms with Crippen molar-refractivity contribution in [2.75, 3.05) is 26.3 Å². The van der Waals surface area contributed by atoms with Crippen LogP contribution in [0.4, 0.5) is 0 Å². The van der Waals surface area contributed by atoms with Crippen molar-refractivity contribution in [2.24, 2.45) is 0 Å². The molecule has 0 amide bonds. The molecule has 1 aromatic rings. The van der Waals surface area contributed by atoms with Crippen LogP contribution in [-0.2, 0) is 4.74 Å². The van der Waals surface area contributed by atoms with Crippen LogP contribution in [0.2, 0.25) is 0 Å². The molecule has 1 saturated heterocycles. The standard InChI is InChI=1S/C19H27NO3.ClH/c1-3-14-22-18-10-8-17(9-11-18)19(21)23-15-6-13-20-12-5-4-7-16(20)2;/h3,8-11,16H,1,4-7,12-15H2,2H3;1H. The van der Waals surface area contributed by atoms with Crippen LogP contribution in [0.3, 0.4) is 0 Å². The fourth-order valence-corrected chi connectivity index (χ4v) is 3.01. The van der Waals surface area contributed by atoms with Gasteiger partial charge in [0.1, 0.15) is 12.4 Å². The zero-order valence-electron chi connectivity index (χ0n) is 14.4. The van der Waals surface area contributed by atoms with Crippen LogP contribution in [0.1, 0.15) is 43.0 Å². The number of esters is 1. The molecular weight excluding hydrogens is 326 g/mol. The molecule has 1 fully saturated rings. The van der Waals surface area contributed by atoms with Crippen LogP contribution >= 0.6 is 0 Å². The lowest BCUT2D eigenvalue weighted by atomic mass is 10.0. The Morgan fingerprint density at radius 3 is 2.75 bits per heavy atom. The Hall–Kier alpha value is -1.52.